The summed E-state index contributed by atoms with van der Waals surface area (Å²) in [5.41, 5.74) is 1.29. The summed E-state index contributed by atoms with van der Waals surface area (Å²) in [5.74, 6) is 0.361. The van der Waals surface area contributed by atoms with Crippen LogP contribution in [0.2, 0.25) is 0 Å². The van der Waals surface area contributed by atoms with Crippen molar-refractivity contribution in [2.45, 2.75) is 38.6 Å². The van der Waals surface area contributed by atoms with Crippen LogP contribution >= 0.6 is 0 Å². The first kappa shape index (κ1) is 19.5. The minimum absolute atomic E-state index is 0.0547. The van der Waals surface area contributed by atoms with Crippen molar-refractivity contribution in [1.82, 2.24) is 9.88 Å². The Bertz CT molecular complexity index is 796. The molecule has 0 atom stereocenters. The number of piperidine rings is 1. The van der Waals surface area contributed by atoms with Crippen molar-refractivity contribution in [2.24, 2.45) is 5.92 Å². The molecule has 2 aromatic rings. The highest BCUT2D eigenvalue weighted by Crippen LogP contribution is 2.29. The lowest BCUT2D eigenvalue weighted by Gasteiger charge is -2.31. The van der Waals surface area contributed by atoms with Crippen molar-refractivity contribution in [3.8, 4) is 5.75 Å². The second-order valence-electron chi connectivity index (χ2n) is 6.94. The average molecular weight is 380 g/mol. The maximum absolute atomic E-state index is 12.5. The lowest BCUT2D eigenvalue weighted by atomic mass is 9.90. The Kier molecular flexibility index (Phi) is 6.21. The van der Waals surface area contributed by atoms with Crippen LogP contribution in [-0.2, 0) is 13.0 Å². The first-order valence-electron chi connectivity index (χ1n) is 9.13. The van der Waals surface area contributed by atoms with Gasteiger partial charge in [0.1, 0.15) is 5.75 Å². The molecule has 0 unspecified atom stereocenters. The fraction of sp³-hybridized carbons (Fsp3) is 0.450. The number of halogens is 3. The van der Waals surface area contributed by atoms with Crippen LogP contribution in [0, 0.1) is 5.92 Å². The Morgan fingerprint density at radius 3 is 2.48 bits per heavy atom. The Hall–Kier alpha value is -2.28. The largest absolute Gasteiger partial charge is 0.573 e. The van der Waals surface area contributed by atoms with Crippen LogP contribution in [0.3, 0.4) is 0 Å². The zero-order chi connectivity index (χ0) is 19.3. The summed E-state index contributed by atoms with van der Waals surface area (Å²) >= 11 is 0. The van der Waals surface area contributed by atoms with Gasteiger partial charge in [0.05, 0.1) is 0 Å². The molecule has 0 saturated carbocycles. The van der Waals surface area contributed by atoms with E-state index in [1.54, 1.807) is 24.4 Å². The van der Waals surface area contributed by atoms with Crippen LogP contribution in [0.1, 0.15) is 30.4 Å². The van der Waals surface area contributed by atoms with Crippen LogP contribution in [-0.4, -0.2) is 29.3 Å². The topological polar surface area (TPSA) is 45.3 Å². The molecule has 1 aromatic carbocycles. The molecule has 0 amide bonds. The van der Waals surface area contributed by atoms with E-state index >= 15 is 0 Å². The fourth-order valence-electron chi connectivity index (χ4n) is 3.55. The smallest absolute Gasteiger partial charge is 0.406 e. The number of likely N-dealkylation sites (tertiary alicyclic amines) is 1. The van der Waals surface area contributed by atoms with Crippen molar-refractivity contribution < 1.29 is 17.9 Å². The highest BCUT2D eigenvalue weighted by molar-refractivity contribution is 5.33. The summed E-state index contributed by atoms with van der Waals surface area (Å²) in [6.07, 6.45) is 0.308. The molecule has 1 N–H and O–H groups in total. The average Bonchev–Trinajstić information content (AvgIpc) is 2.63. The minimum atomic E-state index is -4.67. The van der Waals surface area contributed by atoms with Gasteiger partial charge in [0.15, 0.2) is 0 Å². The van der Waals surface area contributed by atoms with Gasteiger partial charge in [-0.1, -0.05) is 24.3 Å². The summed E-state index contributed by atoms with van der Waals surface area (Å²) < 4.78 is 41.7. The Labute approximate surface area is 156 Å². The molecule has 1 fully saturated rings. The molecule has 4 nitrogen and oxygen atoms in total. The van der Waals surface area contributed by atoms with Crippen molar-refractivity contribution in [3.63, 3.8) is 0 Å². The molecule has 1 aliphatic heterocycles. The fourth-order valence-corrected chi connectivity index (χ4v) is 3.55. The van der Waals surface area contributed by atoms with E-state index in [9.17, 15) is 18.0 Å². The number of aromatic nitrogens is 1. The molecule has 0 aliphatic carbocycles. The molecule has 2 heterocycles. The van der Waals surface area contributed by atoms with E-state index < -0.39 is 6.36 Å². The molecule has 0 bridgehead atoms. The zero-order valence-electron chi connectivity index (χ0n) is 15.0. The predicted octanol–water partition coefficient (Wildman–Crippen LogP) is 4.12. The van der Waals surface area contributed by atoms with E-state index in [4.69, 9.17) is 0 Å². The molecular weight excluding hydrogens is 357 g/mol. The maximum atomic E-state index is 12.5. The van der Waals surface area contributed by atoms with Crippen molar-refractivity contribution in [3.05, 3.63) is 64.1 Å². The summed E-state index contributed by atoms with van der Waals surface area (Å²) in [6, 6.07) is 10.0. The number of benzene rings is 1. The van der Waals surface area contributed by atoms with E-state index in [1.165, 1.54) is 6.07 Å². The summed E-state index contributed by atoms with van der Waals surface area (Å²) in [6.45, 7) is 2.41. The van der Waals surface area contributed by atoms with Gasteiger partial charge in [-0.2, -0.15) is 0 Å². The Balaban J connectivity index is 1.49. The van der Waals surface area contributed by atoms with Gasteiger partial charge in [0.2, 0.25) is 0 Å². The first-order valence-corrected chi connectivity index (χ1v) is 9.13. The Morgan fingerprint density at radius 2 is 1.78 bits per heavy atom. The predicted molar refractivity (Wildman–Crippen MR) is 96.5 cm³/mol. The number of aromatic amines is 1. The lowest BCUT2D eigenvalue weighted by Crippen LogP contribution is -2.35. The molecule has 1 aromatic heterocycles. The molecule has 27 heavy (non-hydrogen) atoms. The monoisotopic (exact) mass is 380 g/mol. The van der Waals surface area contributed by atoms with Gasteiger partial charge in [-0.05, 0) is 62.4 Å². The maximum Gasteiger partial charge on any atom is 0.573 e. The molecule has 1 aliphatic rings. The SMILES string of the molecule is O=c1[nH]cccc1CN1CCC(CCc2ccccc2OC(F)(F)F)CC1. The number of nitrogens with one attached hydrogen (secondary N) is 1. The molecule has 1 saturated heterocycles. The number of para-hydroxylation sites is 1. The van der Waals surface area contributed by atoms with E-state index in [1.807, 2.05) is 12.1 Å². The quantitative estimate of drug-likeness (QED) is 0.820. The normalized spacial score (nSPS) is 16.4. The molecule has 146 valence electrons. The second-order valence-corrected chi connectivity index (χ2v) is 6.94. The third-order valence-electron chi connectivity index (χ3n) is 5.02. The third-order valence-corrected chi connectivity index (χ3v) is 5.02. The molecule has 3 rings (SSSR count). The van der Waals surface area contributed by atoms with E-state index in [0.29, 0.717) is 24.4 Å². The van der Waals surface area contributed by atoms with Gasteiger partial charge in [0, 0.05) is 18.3 Å². The zero-order valence-corrected chi connectivity index (χ0v) is 15.0. The number of hydrogen-bond acceptors (Lipinski definition) is 3. The highest BCUT2D eigenvalue weighted by atomic mass is 19.4. The van der Waals surface area contributed by atoms with Crippen LogP contribution in [0.15, 0.2) is 47.4 Å². The number of nitrogens with zero attached hydrogens (tertiary/aromatic N) is 1. The molecule has 7 heteroatoms. The number of H-pyrrole nitrogens is 1. The number of hydrogen-bond donors (Lipinski definition) is 1. The second kappa shape index (κ2) is 8.61. The van der Waals surface area contributed by atoms with Crippen LogP contribution in [0.5, 0.6) is 5.75 Å². The van der Waals surface area contributed by atoms with Crippen LogP contribution in [0.4, 0.5) is 13.2 Å². The summed E-state index contributed by atoms with van der Waals surface area (Å²) in [4.78, 5) is 16.7. The van der Waals surface area contributed by atoms with Crippen LogP contribution in [0.25, 0.3) is 0 Å². The van der Waals surface area contributed by atoms with E-state index in [2.05, 4.69) is 14.6 Å². The van der Waals surface area contributed by atoms with Gasteiger partial charge >= 0.3 is 6.36 Å². The lowest BCUT2D eigenvalue weighted by molar-refractivity contribution is -0.274. The number of ether oxygens (including phenoxy) is 1. The number of aryl methyl sites for hydroxylation is 1. The van der Waals surface area contributed by atoms with Crippen molar-refractivity contribution >= 4 is 0 Å². The first-order chi connectivity index (χ1) is 12.9. The number of pyridine rings is 1. The highest BCUT2D eigenvalue weighted by Gasteiger charge is 2.32. The standard InChI is InChI=1S/C20H23F3N2O2/c21-20(22,23)27-18-6-2-1-4-16(18)8-7-15-9-12-25(13-10-15)14-17-5-3-11-24-19(17)26/h1-6,11,15H,7-10,12-14H2,(H,24,26). The molecular formula is C20H23F3N2O2. The third kappa shape index (κ3) is 5.85. The number of rotatable bonds is 6. The van der Waals surface area contributed by atoms with Crippen LogP contribution < -0.4 is 10.3 Å². The molecule has 0 radical (unpaired) electrons. The van der Waals surface area contributed by atoms with Gasteiger partial charge in [-0.25, -0.2) is 0 Å². The summed E-state index contributed by atoms with van der Waals surface area (Å²) in [7, 11) is 0. The van der Waals surface area contributed by atoms with Gasteiger partial charge in [-0.3, -0.25) is 9.69 Å². The minimum Gasteiger partial charge on any atom is -0.406 e. The molecule has 0 spiro atoms. The van der Waals surface area contributed by atoms with Crippen molar-refractivity contribution in [1.29, 1.82) is 0 Å². The van der Waals surface area contributed by atoms with E-state index in [0.717, 1.165) is 37.9 Å². The Morgan fingerprint density at radius 1 is 1.07 bits per heavy atom. The number of alkyl halides is 3. The van der Waals surface area contributed by atoms with Crippen molar-refractivity contribution in [2.75, 3.05) is 13.1 Å². The van der Waals surface area contributed by atoms with Gasteiger partial charge < -0.3 is 9.72 Å². The van der Waals surface area contributed by atoms with Gasteiger partial charge in [-0.15, -0.1) is 13.2 Å². The van der Waals surface area contributed by atoms with E-state index in [-0.39, 0.29) is 11.3 Å². The van der Waals surface area contributed by atoms with Gasteiger partial charge in [0.25, 0.3) is 5.56 Å². The summed E-state index contributed by atoms with van der Waals surface area (Å²) in [5, 5.41) is 0.